The largest absolute Gasteiger partial charge is 0.392 e. The van der Waals surface area contributed by atoms with E-state index in [-0.39, 0.29) is 10.9 Å². The number of aromatic nitrogens is 1. The molecular formula is C14H23N3O2S. The average Bonchev–Trinajstić information content (AvgIpc) is 2.81. The van der Waals surface area contributed by atoms with Crippen molar-refractivity contribution in [1.82, 2.24) is 10.5 Å². The van der Waals surface area contributed by atoms with E-state index in [0.717, 1.165) is 18.5 Å². The Morgan fingerprint density at radius 2 is 2.05 bits per heavy atom. The fraction of sp³-hybridized carbons (Fsp3) is 0.643. The van der Waals surface area contributed by atoms with Crippen LogP contribution in [-0.4, -0.2) is 16.1 Å². The van der Waals surface area contributed by atoms with E-state index in [1.54, 1.807) is 6.07 Å². The predicted molar refractivity (Wildman–Crippen MR) is 82.1 cm³/mol. The number of nitrogens with one attached hydrogen (secondary N) is 1. The van der Waals surface area contributed by atoms with Gasteiger partial charge in [-0.1, -0.05) is 44.1 Å². The zero-order valence-corrected chi connectivity index (χ0v) is 13.2. The maximum absolute atomic E-state index is 12.5. The van der Waals surface area contributed by atoms with Crippen LogP contribution in [0.3, 0.4) is 0 Å². The summed E-state index contributed by atoms with van der Waals surface area (Å²) in [5.41, 5.74) is 5.89. The van der Waals surface area contributed by atoms with Gasteiger partial charge in [0.1, 0.15) is 0 Å². The lowest BCUT2D eigenvalue weighted by molar-refractivity contribution is -0.128. The number of carbonyl (C=O) groups is 1. The summed E-state index contributed by atoms with van der Waals surface area (Å²) in [6.45, 7) is 6.19. The molecule has 0 bridgehead atoms. The standard InChI is InChI=1S/C14H23N3O2S/c1-4-6-14(7-5-2,12(15)20)13(18)16-9-11-8-10(3)17-19-11/h8H,4-7,9H2,1-3H3,(H2,15,20)(H,16,18). The number of thiocarbonyl (C=S) groups is 1. The number of carbonyl (C=O) groups excluding carboxylic acids is 1. The van der Waals surface area contributed by atoms with Gasteiger partial charge < -0.3 is 15.6 Å². The molecule has 0 saturated carbocycles. The van der Waals surface area contributed by atoms with Gasteiger partial charge in [-0.3, -0.25) is 4.79 Å². The Balaban J connectivity index is 2.79. The number of amides is 1. The summed E-state index contributed by atoms with van der Waals surface area (Å²) < 4.78 is 5.08. The van der Waals surface area contributed by atoms with Gasteiger partial charge in [0.15, 0.2) is 5.76 Å². The van der Waals surface area contributed by atoms with Crippen LogP contribution in [0.4, 0.5) is 0 Å². The SMILES string of the molecule is CCCC(CCC)(C(=O)NCc1cc(C)no1)C(N)=S. The summed E-state index contributed by atoms with van der Waals surface area (Å²) in [5.74, 6) is 0.503. The first-order valence-electron chi connectivity index (χ1n) is 6.96. The van der Waals surface area contributed by atoms with Crippen molar-refractivity contribution < 1.29 is 9.32 Å². The Bertz CT molecular complexity index is 465. The summed E-state index contributed by atoms with van der Waals surface area (Å²) in [4.78, 5) is 12.8. The van der Waals surface area contributed by atoms with Crippen molar-refractivity contribution >= 4 is 23.1 Å². The van der Waals surface area contributed by atoms with Crippen molar-refractivity contribution in [2.75, 3.05) is 0 Å². The second kappa shape index (κ2) is 7.38. The van der Waals surface area contributed by atoms with Crippen LogP contribution in [-0.2, 0) is 11.3 Å². The van der Waals surface area contributed by atoms with Crippen LogP contribution in [0.2, 0.25) is 0 Å². The third kappa shape index (κ3) is 3.79. The molecule has 0 aliphatic heterocycles. The van der Waals surface area contributed by atoms with E-state index in [4.69, 9.17) is 22.5 Å². The molecule has 0 spiro atoms. The molecule has 0 aromatic carbocycles. The third-order valence-electron chi connectivity index (χ3n) is 3.36. The zero-order valence-electron chi connectivity index (χ0n) is 12.4. The molecule has 5 nitrogen and oxygen atoms in total. The topological polar surface area (TPSA) is 81.2 Å². The second-order valence-electron chi connectivity index (χ2n) is 5.06. The van der Waals surface area contributed by atoms with Gasteiger partial charge in [-0.05, 0) is 19.8 Å². The fourth-order valence-electron chi connectivity index (χ4n) is 2.40. The summed E-state index contributed by atoms with van der Waals surface area (Å²) in [6, 6.07) is 1.79. The van der Waals surface area contributed by atoms with Crippen molar-refractivity contribution in [3.8, 4) is 0 Å². The first kappa shape index (κ1) is 16.6. The minimum absolute atomic E-state index is 0.122. The molecule has 0 radical (unpaired) electrons. The molecule has 1 rings (SSSR count). The minimum Gasteiger partial charge on any atom is -0.392 e. The Morgan fingerprint density at radius 3 is 2.45 bits per heavy atom. The number of nitrogens with two attached hydrogens (primary N) is 1. The van der Waals surface area contributed by atoms with Gasteiger partial charge in [0, 0.05) is 6.07 Å². The van der Waals surface area contributed by atoms with Crippen LogP contribution in [0.25, 0.3) is 0 Å². The Morgan fingerprint density at radius 1 is 1.45 bits per heavy atom. The van der Waals surface area contributed by atoms with Crippen LogP contribution in [0.1, 0.15) is 51.0 Å². The average molecular weight is 297 g/mol. The van der Waals surface area contributed by atoms with Crippen LogP contribution in [0.15, 0.2) is 10.6 Å². The van der Waals surface area contributed by atoms with Crippen molar-refractivity contribution in [3.63, 3.8) is 0 Å². The smallest absolute Gasteiger partial charge is 0.233 e. The highest BCUT2D eigenvalue weighted by Gasteiger charge is 2.39. The Hall–Kier alpha value is -1.43. The fourth-order valence-corrected chi connectivity index (χ4v) is 2.70. The summed E-state index contributed by atoms with van der Waals surface area (Å²) >= 11 is 5.15. The third-order valence-corrected chi connectivity index (χ3v) is 3.75. The normalized spacial score (nSPS) is 11.3. The van der Waals surface area contributed by atoms with Crippen LogP contribution in [0, 0.1) is 12.3 Å². The van der Waals surface area contributed by atoms with Crippen molar-refractivity contribution in [2.45, 2.75) is 53.0 Å². The van der Waals surface area contributed by atoms with Crippen LogP contribution >= 0.6 is 12.2 Å². The first-order valence-corrected chi connectivity index (χ1v) is 7.37. The van der Waals surface area contributed by atoms with Gasteiger partial charge in [0.2, 0.25) is 5.91 Å². The zero-order chi connectivity index (χ0) is 15.2. The number of hydrogen-bond acceptors (Lipinski definition) is 4. The van der Waals surface area contributed by atoms with E-state index in [1.807, 2.05) is 20.8 Å². The number of rotatable bonds is 8. The highest BCUT2D eigenvalue weighted by Crippen LogP contribution is 2.31. The van der Waals surface area contributed by atoms with Gasteiger partial charge in [-0.25, -0.2) is 0 Å². The Kier molecular flexibility index (Phi) is 6.13. The van der Waals surface area contributed by atoms with Gasteiger partial charge in [0.05, 0.1) is 22.6 Å². The van der Waals surface area contributed by atoms with Crippen molar-refractivity contribution in [3.05, 3.63) is 17.5 Å². The highest BCUT2D eigenvalue weighted by atomic mass is 32.1. The molecule has 112 valence electrons. The molecule has 20 heavy (non-hydrogen) atoms. The monoisotopic (exact) mass is 297 g/mol. The van der Waals surface area contributed by atoms with Crippen molar-refractivity contribution in [1.29, 1.82) is 0 Å². The quantitative estimate of drug-likeness (QED) is 0.720. The second-order valence-corrected chi connectivity index (χ2v) is 5.50. The molecule has 6 heteroatoms. The molecule has 0 aliphatic carbocycles. The predicted octanol–water partition coefficient (Wildman–Crippen LogP) is 2.47. The molecule has 0 fully saturated rings. The lowest BCUT2D eigenvalue weighted by Gasteiger charge is -2.30. The Labute approximate surface area is 125 Å². The van der Waals surface area contributed by atoms with Gasteiger partial charge in [-0.15, -0.1) is 0 Å². The molecular weight excluding hydrogens is 274 g/mol. The summed E-state index contributed by atoms with van der Waals surface area (Å²) in [6.07, 6.45) is 3.03. The lowest BCUT2D eigenvalue weighted by Crippen LogP contribution is -2.48. The maximum atomic E-state index is 12.5. The molecule has 1 aromatic heterocycles. The van der Waals surface area contributed by atoms with Gasteiger partial charge in [0.25, 0.3) is 0 Å². The minimum atomic E-state index is -0.756. The van der Waals surface area contributed by atoms with E-state index in [1.165, 1.54) is 0 Å². The van der Waals surface area contributed by atoms with Crippen LogP contribution < -0.4 is 11.1 Å². The number of nitrogens with zero attached hydrogens (tertiary/aromatic N) is 1. The molecule has 0 saturated heterocycles. The first-order chi connectivity index (χ1) is 9.46. The molecule has 1 heterocycles. The van der Waals surface area contributed by atoms with Crippen LogP contribution in [0.5, 0.6) is 0 Å². The van der Waals surface area contributed by atoms with E-state index < -0.39 is 5.41 Å². The van der Waals surface area contributed by atoms with Crippen molar-refractivity contribution in [2.24, 2.45) is 11.1 Å². The molecule has 3 N–H and O–H groups in total. The van der Waals surface area contributed by atoms with Gasteiger partial charge >= 0.3 is 0 Å². The molecule has 1 amide bonds. The maximum Gasteiger partial charge on any atom is 0.233 e. The number of aryl methyl sites for hydroxylation is 1. The molecule has 0 aliphatic rings. The summed E-state index contributed by atoms with van der Waals surface area (Å²) in [5, 5.41) is 6.65. The van der Waals surface area contributed by atoms with Gasteiger partial charge in [-0.2, -0.15) is 0 Å². The highest BCUT2D eigenvalue weighted by molar-refractivity contribution is 7.80. The summed E-state index contributed by atoms with van der Waals surface area (Å²) in [7, 11) is 0. The molecule has 0 atom stereocenters. The van der Waals surface area contributed by atoms with E-state index >= 15 is 0 Å². The molecule has 1 aromatic rings. The number of hydrogen-bond donors (Lipinski definition) is 2. The van der Waals surface area contributed by atoms with E-state index in [0.29, 0.717) is 25.1 Å². The molecule has 0 unspecified atom stereocenters. The van der Waals surface area contributed by atoms with E-state index in [9.17, 15) is 4.79 Å². The lowest BCUT2D eigenvalue weighted by atomic mass is 9.78. The van der Waals surface area contributed by atoms with E-state index in [2.05, 4.69) is 10.5 Å².